The summed E-state index contributed by atoms with van der Waals surface area (Å²) in [5.74, 6) is -0.152. The van der Waals surface area contributed by atoms with Crippen LogP contribution in [0.1, 0.15) is 0 Å². The molecule has 1 aromatic heterocycles. The standard InChI is InChI=1S/C11H11FN2O3S2/c12-9-1-3-10(4-2-9)17-6-8-19(15,16)14-11-13-5-7-18-11/h1-5,7H,6,8H2,(H,13,14). The van der Waals surface area contributed by atoms with E-state index >= 15 is 0 Å². The lowest BCUT2D eigenvalue weighted by Crippen LogP contribution is -2.21. The van der Waals surface area contributed by atoms with Gasteiger partial charge in [-0.05, 0) is 24.3 Å². The number of hydrogen-bond donors (Lipinski definition) is 1. The summed E-state index contributed by atoms with van der Waals surface area (Å²) in [6, 6.07) is 5.38. The first-order valence-electron chi connectivity index (χ1n) is 5.33. The van der Waals surface area contributed by atoms with E-state index in [0.29, 0.717) is 10.9 Å². The molecule has 1 aromatic carbocycles. The molecule has 102 valence electrons. The fourth-order valence-electron chi connectivity index (χ4n) is 1.26. The van der Waals surface area contributed by atoms with E-state index in [2.05, 4.69) is 9.71 Å². The van der Waals surface area contributed by atoms with E-state index in [1.165, 1.54) is 41.8 Å². The number of nitrogens with one attached hydrogen (secondary N) is 1. The number of rotatable bonds is 6. The molecule has 0 amide bonds. The van der Waals surface area contributed by atoms with Crippen molar-refractivity contribution in [2.24, 2.45) is 0 Å². The van der Waals surface area contributed by atoms with Crippen LogP contribution in [0, 0.1) is 5.82 Å². The molecule has 0 fully saturated rings. The van der Waals surface area contributed by atoms with Crippen molar-refractivity contribution in [3.8, 4) is 5.75 Å². The second-order valence-electron chi connectivity index (χ2n) is 3.56. The maximum Gasteiger partial charge on any atom is 0.237 e. The summed E-state index contributed by atoms with van der Waals surface area (Å²) < 4.78 is 43.5. The number of halogens is 1. The minimum atomic E-state index is -3.48. The Morgan fingerprint density at radius 3 is 2.68 bits per heavy atom. The first-order valence-corrected chi connectivity index (χ1v) is 7.87. The van der Waals surface area contributed by atoms with Crippen LogP contribution in [0.25, 0.3) is 0 Å². The van der Waals surface area contributed by atoms with Crippen LogP contribution in [0.5, 0.6) is 5.75 Å². The van der Waals surface area contributed by atoms with Crippen LogP contribution in [0.4, 0.5) is 9.52 Å². The van der Waals surface area contributed by atoms with Gasteiger partial charge < -0.3 is 4.74 Å². The number of thiazole rings is 1. The zero-order chi connectivity index (χ0) is 13.7. The van der Waals surface area contributed by atoms with Gasteiger partial charge in [0.05, 0.1) is 0 Å². The Morgan fingerprint density at radius 2 is 2.05 bits per heavy atom. The third-order valence-electron chi connectivity index (χ3n) is 2.11. The number of aromatic nitrogens is 1. The third-order valence-corrected chi connectivity index (χ3v) is 4.14. The van der Waals surface area contributed by atoms with Crippen molar-refractivity contribution >= 4 is 26.5 Å². The molecule has 2 aromatic rings. The zero-order valence-electron chi connectivity index (χ0n) is 9.74. The van der Waals surface area contributed by atoms with Gasteiger partial charge in [0, 0.05) is 11.6 Å². The number of nitrogens with zero attached hydrogens (tertiary/aromatic N) is 1. The normalized spacial score (nSPS) is 11.2. The van der Waals surface area contributed by atoms with Gasteiger partial charge >= 0.3 is 0 Å². The molecule has 1 N–H and O–H groups in total. The quantitative estimate of drug-likeness (QED) is 0.887. The highest BCUT2D eigenvalue weighted by atomic mass is 32.2. The molecule has 0 aliphatic rings. The predicted octanol–water partition coefficient (Wildman–Crippen LogP) is 2.10. The summed E-state index contributed by atoms with van der Waals surface area (Å²) in [5, 5.41) is 1.99. The van der Waals surface area contributed by atoms with Crippen LogP contribution in [-0.4, -0.2) is 25.8 Å². The van der Waals surface area contributed by atoms with Crippen LogP contribution in [0.3, 0.4) is 0 Å². The summed E-state index contributed by atoms with van der Waals surface area (Å²) in [7, 11) is -3.48. The zero-order valence-corrected chi connectivity index (χ0v) is 11.4. The van der Waals surface area contributed by atoms with Crippen molar-refractivity contribution in [1.82, 2.24) is 4.98 Å². The Kier molecular flexibility index (Phi) is 4.33. The van der Waals surface area contributed by atoms with Crippen LogP contribution < -0.4 is 9.46 Å². The van der Waals surface area contributed by atoms with Gasteiger partial charge in [-0.25, -0.2) is 17.8 Å². The van der Waals surface area contributed by atoms with Crippen molar-refractivity contribution < 1.29 is 17.5 Å². The average molecular weight is 302 g/mol. The first kappa shape index (κ1) is 13.8. The average Bonchev–Trinajstić information content (AvgIpc) is 2.83. The number of ether oxygens (including phenoxy) is 1. The molecule has 1 heterocycles. The van der Waals surface area contributed by atoms with E-state index in [1.54, 1.807) is 5.38 Å². The smallest absolute Gasteiger partial charge is 0.237 e. The Balaban J connectivity index is 1.83. The van der Waals surface area contributed by atoms with E-state index in [9.17, 15) is 12.8 Å². The number of hydrogen-bond acceptors (Lipinski definition) is 5. The summed E-state index contributed by atoms with van der Waals surface area (Å²) in [6.07, 6.45) is 1.51. The van der Waals surface area contributed by atoms with Gasteiger partial charge in [0.25, 0.3) is 0 Å². The molecule has 0 bridgehead atoms. The van der Waals surface area contributed by atoms with Crippen LogP contribution >= 0.6 is 11.3 Å². The maximum atomic E-state index is 12.6. The molecule has 0 aliphatic carbocycles. The number of benzene rings is 1. The largest absolute Gasteiger partial charge is 0.492 e. The van der Waals surface area contributed by atoms with Crippen molar-refractivity contribution in [2.75, 3.05) is 17.1 Å². The van der Waals surface area contributed by atoms with Gasteiger partial charge in [-0.1, -0.05) is 0 Å². The van der Waals surface area contributed by atoms with Gasteiger partial charge in [-0.15, -0.1) is 11.3 Å². The highest BCUT2D eigenvalue weighted by Gasteiger charge is 2.12. The molecular formula is C11H11FN2O3S2. The first-order chi connectivity index (χ1) is 9.05. The molecule has 8 heteroatoms. The molecule has 0 unspecified atom stereocenters. The molecule has 0 atom stereocenters. The Bertz CT molecular complexity index is 612. The summed E-state index contributed by atoms with van der Waals surface area (Å²) in [4.78, 5) is 3.82. The SMILES string of the molecule is O=S(=O)(CCOc1ccc(F)cc1)Nc1nccs1. The Labute approximate surface area is 114 Å². The lowest BCUT2D eigenvalue weighted by Gasteiger charge is -2.07. The van der Waals surface area contributed by atoms with Crippen LogP contribution in [0.15, 0.2) is 35.8 Å². The topological polar surface area (TPSA) is 68.3 Å². The lowest BCUT2D eigenvalue weighted by molar-refractivity contribution is 0.340. The van der Waals surface area contributed by atoms with E-state index in [4.69, 9.17) is 4.74 Å². The van der Waals surface area contributed by atoms with E-state index in [1.807, 2.05) is 0 Å². The van der Waals surface area contributed by atoms with Crippen LogP contribution in [0.2, 0.25) is 0 Å². The van der Waals surface area contributed by atoms with Gasteiger partial charge in [-0.3, -0.25) is 4.72 Å². The van der Waals surface area contributed by atoms with E-state index in [0.717, 1.165) is 0 Å². The molecule has 0 aliphatic heterocycles. The molecule has 0 spiro atoms. The van der Waals surface area contributed by atoms with Crippen LogP contribution in [-0.2, 0) is 10.0 Å². The minimum Gasteiger partial charge on any atom is -0.492 e. The van der Waals surface area contributed by atoms with Crippen molar-refractivity contribution in [3.63, 3.8) is 0 Å². The fourth-order valence-corrected chi connectivity index (χ4v) is 2.93. The van der Waals surface area contributed by atoms with Gasteiger partial charge in [0.2, 0.25) is 10.0 Å². The number of anilines is 1. The van der Waals surface area contributed by atoms with Gasteiger partial charge in [-0.2, -0.15) is 0 Å². The highest BCUT2D eigenvalue weighted by molar-refractivity contribution is 7.92. The van der Waals surface area contributed by atoms with Crippen molar-refractivity contribution in [1.29, 1.82) is 0 Å². The van der Waals surface area contributed by atoms with E-state index < -0.39 is 10.0 Å². The monoisotopic (exact) mass is 302 g/mol. The molecule has 2 rings (SSSR count). The molecule has 0 saturated carbocycles. The second-order valence-corrected chi connectivity index (χ2v) is 6.30. The summed E-state index contributed by atoms with van der Waals surface area (Å²) >= 11 is 1.20. The summed E-state index contributed by atoms with van der Waals surface area (Å²) in [5.41, 5.74) is 0. The minimum absolute atomic E-state index is 0.0215. The van der Waals surface area contributed by atoms with Gasteiger partial charge in [0.1, 0.15) is 23.9 Å². The second kappa shape index (κ2) is 5.98. The Morgan fingerprint density at radius 1 is 1.32 bits per heavy atom. The predicted molar refractivity (Wildman–Crippen MR) is 71.4 cm³/mol. The summed E-state index contributed by atoms with van der Waals surface area (Å²) in [6.45, 7) is -0.0215. The molecule has 0 radical (unpaired) electrons. The van der Waals surface area contributed by atoms with E-state index in [-0.39, 0.29) is 18.2 Å². The molecule has 5 nitrogen and oxygen atoms in total. The molecule has 19 heavy (non-hydrogen) atoms. The lowest BCUT2D eigenvalue weighted by atomic mass is 10.3. The molecule has 0 saturated heterocycles. The highest BCUT2D eigenvalue weighted by Crippen LogP contribution is 2.13. The third kappa shape index (κ3) is 4.49. The van der Waals surface area contributed by atoms with Gasteiger partial charge in [0.15, 0.2) is 5.13 Å². The van der Waals surface area contributed by atoms with Crippen molar-refractivity contribution in [3.05, 3.63) is 41.7 Å². The van der Waals surface area contributed by atoms with Crippen molar-refractivity contribution in [2.45, 2.75) is 0 Å². The Hall–Kier alpha value is -1.67. The number of sulfonamides is 1. The maximum absolute atomic E-state index is 12.6. The fraction of sp³-hybridized carbons (Fsp3) is 0.182. The molecular weight excluding hydrogens is 291 g/mol.